The molecule has 0 saturated carbocycles. The van der Waals surface area contributed by atoms with Crippen molar-refractivity contribution < 1.29 is 33.2 Å². The summed E-state index contributed by atoms with van der Waals surface area (Å²) in [5.41, 5.74) is 1.38. The summed E-state index contributed by atoms with van der Waals surface area (Å²) in [5, 5.41) is 0. The van der Waals surface area contributed by atoms with E-state index in [1.807, 2.05) is 12.1 Å². The molecule has 1 rings (SSSR count). The molecule has 0 aliphatic carbocycles. The average molecular weight is 567 g/mol. The summed E-state index contributed by atoms with van der Waals surface area (Å²) in [5.74, 6) is 0.754. The summed E-state index contributed by atoms with van der Waals surface area (Å²) in [4.78, 5) is 11.7. The predicted molar refractivity (Wildman–Crippen MR) is 161 cm³/mol. The lowest BCUT2D eigenvalue weighted by Crippen LogP contribution is -2.15. The first-order chi connectivity index (χ1) is 19.8. The van der Waals surface area contributed by atoms with Crippen molar-refractivity contribution in [3.63, 3.8) is 0 Å². The minimum atomic E-state index is -0.132. The Bertz CT molecular complexity index is 665. The molecule has 1 aromatic rings. The number of carbonyl (C=O) groups excluding carboxylic acids is 1. The SMILES string of the molecule is CCCCCCCCC(=O)OCCOCCOCCOCCOCCOc1ccc(CCCCCCCC)cc1. The highest BCUT2D eigenvalue weighted by Gasteiger charge is 2.03. The zero-order valence-electron chi connectivity index (χ0n) is 25.6. The molecule has 40 heavy (non-hydrogen) atoms. The summed E-state index contributed by atoms with van der Waals surface area (Å²) in [6, 6.07) is 8.43. The van der Waals surface area contributed by atoms with Crippen LogP contribution in [0, 0.1) is 0 Å². The lowest BCUT2D eigenvalue weighted by molar-refractivity contribution is -0.145. The second-order valence-electron chi connectivity index (χ2n) is 10.2. The third-order valence-electron chi connectivity index (χ3n) is 6.58. The Balaban J connectivity index is 1.79. The van der Waals surface area contributed by atoms with Gasteiger partial charge < -0.3 is 28.4 Å². The fraction of sp³-hybridized carbons (Fsp3) is 0.788. The lowest BCUT2D eigenvalue weighted by Gasteiger charge is -2.09. The molecule has 0 unspecified atom stereocenters. The Morgan fingerprint density at radius 2 is 0.975 bits per heavy atom. The first kappa shape index (κ1) is 36.4. The Labute approximate surface area is 244 Å². The van der Waals surface area contributed by atoms with Crippen molar-refractivity contribution in [1.82, 2.24) is 0 Å². The van der Waals surface area contributed by atoms with E-state index in [-0.39, 0.29) is 5.97 Å². The summed E-state index contributed by atoms with van der Waals surface area (Å²) >= 11 is 0. The highest BCUT2D eigenvalue weighted by Crippen LogP contribution is 2.15. The van der Waals surface area contributed by atoms with E-state index in [9.17, 15) is 4.79 Å². The van der Waals surface area contributed by atoms with Gasteiger partial charge in [0.15, 0.2) is 0 Å². The van der Waals surface area contributed by atoms with Crippen molar-refractivity contribution >= 4 is 5.97 Å². The van der Waals surface area contributed by atoms with Gasteiger partial charge >= 0.3 is 5.97 Å². The van der Waals surface area contributed by atoms with Crippen molar-refractivity contribution in [2.45, 2.75) is 104 Å². The number of aryl methyl sites for hydroxylation is 1. The average Bonchev–Trinajstić information content (AvgIpc) is 2.97. The number of carbonyl (C=O) groups is 1. The van der Waals surface area contributed by atoms with Gasteiger partial charge in [0.1, 0.15) is 19.0 Å². The van der Waals surface area contributed by atoms with Gasteiger partial charge in [0.25, 0.3) is 0 Å². The molecule has 0 aliphatic heterocycles. The largest absolute Gasteiger partial charge is 0.491 e. The second-order valence-corrected chi connectivity index (χ2v) is 10.2. The number of hydrogen-bond donors (Lipinski definition) is 0. The Morgan fingerprint density at radius 3 is 1.52 bits per heavy atom. The second kappa shape index (κ2) is 28.8. The smallest absolute Gasteiger partial charge is 0.305 e. The van der Waals surface area contributed by atoms with Crippen LogP contribution in [-0.2, 0) is 34.9 Å². The quantitative estimate of drug-likeness (QED) is 0.0713. The van der Waals surface area contributed by atoms with Crippen LogP contribution in [0.15, 0.2) is 24.3 Å². The summed E-state index contributed by atoms with van der Waals surface area (Å²) < 4.78 is 32.9. The highest BCUT2D eigenvalue weighted by molar-refractivity contribution is 5.69. The van der Waals surface area contributed by atoms with Crippen LogP contribution >= 0.6 is 0 Å². The Hall–Kier alpha value is -1.67. The number of hydrogen-bond acceptors (Lipinski definition) is 7. The molecular formula is C33H58O7. The van der Waals surface area contributed by atoms with Gasteiger partial charge in [-0.3, -0.25) is 4.79 Å². The molecule has 232 valence electrons. The van der Waals surface area contributed by atoms with Gasteiger partial charge in [-0.2, -0.15) is 0 Å². The van der Waals surface area contributed by atoms with Crippen molar-refractivity contribution in [3.05, 3.63) is 29.8 Å². The molecule has 7 heteroatoms. The normalized spacial score (nSPS) is 11.2. The minimum Gasteiger partial charge on any atom is -0.491 e. The van der Waals surface area contributed by atoms with Crippen LogP contribution in [-0.4, -0.2) is 72.0 Å². The van der Waals surface area contributed by atoms with Gasteiger partial charge in [0.05, 0.1) is 52.9 Å². The van der Waals surface area contributed by atoms with Crippen LogP contribution in [0.5, 0.6) is 5.75 Å². The predicted octanol–water partition coefficient (Wildman–Crippen LogP) is 7.33. The third-order valence-corrected chi connectivity index (χ3v) is 6.58. The van der Waals surface area contributed by atoms with E-state index in [4.69, 9.17) is 28.4 Å². The van der Waals surface area contributed by atoms with Crippen LogP contribution in [0.3, 0.4) is 0 Å². The molecule has 0 amide bonds. The topological polar surface area (TPSA) is 72.5 Å². The van der Waals surface area contributed by atoms with Gasteiger partial charge in [-0.1, -0.05) is 90.2 Å². The standard InChI is InChI=1S/C33H58O7/c1-3-5-7-9-11-13-15-31-17-19-32(20-18-31)39-29-27-37-25-23-35-21-22-36-24-26-38-28-30-40-33(34)16-14-12-10-8-6-4-2/h17-20H,3-16,21-30H2,1-2H3. The van der Waals surface area contributed by atoms with Crippen LogP contribution in [0.1, 0.15) is 103 Å². The first-order valence-corrected chi connectivity index (χ1v) is 15.9. The number of esters is 1. The molecule has 1 aromatic carbocycles. The lowest BCUT2D eigenvalue weighted by atomic mass is 10.0. The number of rotatable bonds is 30. The third kappa shape index (κ3) is 24.2. The maximum Gasteiger partial charge on any atom is 0.305 e. The maximum absolute atomic E-state index is 11.7. The monoisotopic (exact) mass is 566 g/mol. The van der Waals surface area contributed by atoms with Crippen LogP contribution in [0.25, 0.3) is 0 Å². The van der Waals surface area contributed by atoms with Gasteiger partial charge in [-0.15, -0.1) is 0 Å². The molecule has 0 aliphatic rings. The molecule has 0 aromatic heterocycles. The Morgan fingerprint density at radius 1 is 0.525 bits per heavy atom. The molecule has 7 nitrogen and oxygen atoms in total. The fourth-order valence-corrected chi connectivity index (χ4v) is 4.18. The number of unbranched alkanes of at least 4 members (excludes halogenated alkanes) is 10. The van der Waals surface area contributed by atoms with E-state index in [0.29, 0.717) is 72.5 Å². The van der Waals surface area contributed by atoms with Crippen LogP contribution in [0.4, 0.5) is 0 Å². The van der Waals surface area contributed by atoms with Crippen molar-refractivity contribution in [1.29, 1.82) is 0 Å². The van der Waals surface area contributed by atoms with Gasteiger partial charge in [0, 0.05) is 6.42 Å². The van der Waals surface area contributed by atoms with Crippen molar-refractivity contribution in [3.8, 4) is 5.75 Å². The molecular weight excluding hydrogens is 508 g/mol. The van der Waals surface area contributed by atoms with E-state index in [1.54, 1.807) is 0 Å². The number of benzene rings is 1. The number of ether oxygens (including phenoxy) is 6. The van der Waals surface area contributed by atoms with E-state index in [0.717, 1.165) is 25.0 Å². The van der Waals surface area contributed by atoms with Crippen molar-refractivity contribution in [2.24, 2.45) is 0 Å². The van der Waals surface area contributed by atoms with E-state index in [2.05, 4.69) is 26.0 Å². The van der Waals surface area contributed by atoms with Gasteiger partial charge in [-0.25, -0.2) is 0 Å². The molecule has 0 saturated heterocycles. The zero-order chi connectivity index (χ0) is 28.8. The molecule has 0 atom stereocenters. The Kier molecular flexibility index (Phi) is 26.2. The van der Waals surface area contributed by atoms with E-state index >= 15 is 0 Å². The van der Waals surface area contributed by atoms with E-state index < -0.39 is 0 Å². The summed E-state index contributed by atoms with van der Waals surface area (Å²) in [7, 11) is 0. The van der Waals surface area contributed by atoms with Gasteiger partial charge in [0.2, 0.25) is 0 Å². The van der Waals surface area contributed by atoms with E-state index in [1.165, 1.54) is 69.8 Å². The summed E-state index contributed by atoms with van der Waals surface area (Å²) in [6.07, 6.45) is 16.6. The minimum absolute atomic E-state index is 0.132. The maximum atomic E-state index is 11.7. The highest BCUT2D eigenvalue weighted by atomic mass is 16.6. The van der Waals surface area contributed by atoms with Gasteiger partial charge in [-0.05, 0) is 37.0 Å². The zero-order valence-corrected chi connectivity index (χ0v) is 25.6. The molecule has 0 bridgehead atoms. The molecule has 0 fully saturated rings. The fourth-order valence-electron chi connectivity index (χ4n) is 4.18. The van der Waals surface area contributed by atoms with Crippen molar-refractivity contribution in [2.75, 3.05) is 66.1 Å². The first-order valence-electron chi connectivity index (χ1n) is 15.9. The molecule has 0 spiro atoms. The van der Waals surface area contributed by atoms with Crippen LogP contribution < -0.4 is 4.74 Å². The molecule has 0 radical (unpaired) electrons. The molecule has 0 heterocycles. The molecule has 0 N–H and O–H groups in total. The summed E-state index contributed by atoms with van der Waals surface area (Å²) in [6.45, 7) is 9.25. The van der Waals surface area contributed by atoms with Crippen LogP contribution in [0.2, 0.25) is 0 Å².